The number of halogens is 4. The molecule has 0 aliphatic rings. The van der Waals surface area contributed by atoms with Gasteiger partial charge in [0, 0.05) is 12.3 Å². The second-order valence-corrected chi connectivity index (χ2v) is 5.46. The summed E-state index contributed by atoms with van der Waals surface area (Å²) in [5, 5.41) is 1.78. The SMILES string of the molecule is O=C(COC(=O)c1cccnc1SC(F)F)Nc1cc(F)ccc1F. The highest BCUT2D eigenvalue weighted by Gasteiger charge is 2.19. The first kappa shape index (κ1) is 18.7. The van der Waals surface area contributed by atoms with Crippen LogP contribution in [0, 0.1) is 11.6 Å². The molecule has 1 aromatic carbocycles. The van der Waals surface area contributed by atoms with Crippen molar-refractivity contribution in [2.24, 2.45) is 0 Å². The van der Waals surface area contributed by atoms with E-state index in [0.717, 1.165) is 18.2 Å². The third-order valence-corrected chi connectivity index (χ3v) is 3.46. The van der Waals surface area contributed by atoms with E-state index in [1.807, 2.05) is 5.32 Å². The normalized spacial score (nSPS) is 10.6. The van der Waals surface area contributed by atoms with Crippen LogP contribution in [0.4, 0.5) is 23.2 Å². The average molecular weight is 374 g/mol. The Morgan fingerprint density at radius 3 is 2.72 bits per heavy atom. The molecule has 0 aliphatic carbocycles. The molecule has 0 bridgehead atoms. The lowest BCUT2D eigenvalue weighted by Crippen LogP contribution is -2.22. The fourth-order valence-corrected chi connectivity index (χ4v) is 2.28. The van der Waals surface area contributed by atoms with Crippen molar-refractivity contribution in [3.63, 3.8) is 0 Å². The van der Waals surface area contributed by atoms with Crippen LogP contribution in [0.25, 0.3) is 0 Å². The summed E-state index contributed by atoms with van der Waals surface area (Å²) in [6.45, 7) is -0.817. The monoisotopic (exact) mass is 374 g/mol. The number of alkyl halides is 2. The Balaban J connectivity index is 1.98. The smallest absolute Gasteiger partial charge is 0.341 e. The highest BCUT2D eigenvalue weighted by atomic mass is 32.2. The molecular weight excluding hydrogens is 364 g/mol. The highest BCUT2D eigenvalue weighted by Crippen LogP contribution is 2.26. The Kier molecular flexibility index (Phi) is 6.34. The number of esters is 1. The number of pyridine rings is 1. The van der Waals surface area contributed by atoms with Crippen LogP contribution >= 0.6 is 11.8 Å². The maximum atomic E-state index is 13.4. The molecule has 1 aromatic heterocycles. The minimum atomic E-state index is -2.79. The van der Waals surface area contributed by atoms with Gasteiger partial charge in [0.05, 0.1) is 11.3 Å². The van der Waals surface area contributed by atoms with Gasteiger partial charge >= 0.3 is 5.97 Å². The van der Waals surface area contributed by atoms with Crippen molar-refractivity contribution in [1.82, 2.24) is 4.98 Å². The van der Waals surface area contributed by atoms with Crippen LogP contribution in [0.15, 0.2) is 41.6 Å². The second kappa shape index (κ2) is 8.47. The maximum absolute atomic E-state index is 13.4. The number of anilines is 1. The number of carbonyl (C=O) groups excluding carboxylic acids is 2. The van der Waals surface area contributed by atoms with Crippen LogP contribution in [-0.4, -0.2) is 29.2 Å². The van der Waals surface area contributed by atoms with Crippen LogP contribution in [0.5, 0.6) is 0 Å². The highest BCUT2D eigenvalue weighted by molar-refractivity contribution is 7.99. The quantitative estimate of drug-likeness (QED) is 0.476. The van der Waals surface area contributed by atoms with Crippen molar-refractivity contribution in [3.8, 4) is 0 Å². The molecule has 1 heterocycles. The number of nitrogens with zero attached hydrogens (tertiary/aromatic N) is 1. The molecule has 10 heteroatoms. The fraction of sp³-hybridized carbons (Fsp3) is 0.133. The third kappa shape index (κ3) is 5.45. The molecule has 132 valence electrons. The number of amides is 1. The average Bonchev–Trinajstić information content (AvgIpc) is 2.56. The lowest BCUT2D eigenvalue weighted by molar-refractivity contribution is -0.119. The summed E-state index contributed by atoms with van der Waals surface area (Å²) >= 11 is 0.0567. The number of hydrogen-bond donors (Lipinski definition) is 1. The number of carbonyl (C=O) groups is 2. The topological polar surface area (TPSA) is 68.3 Å². The predicted octanol–water partition coefficient (Wildman–Crippen LogP) is 3.47. The molecule has 5 nitrogen and oxygen atoms in total. The van der Waals surface area contributed by atoms with Crippen molar-refractivity contribution in [2.75, 3.05) is 11.9 Å². The molecule has 25 heavy (non-hydrogen) atoms. The number of nitrogens with one attached hydrogen (secondary N) is 1. The Morgan fingerprint density at radius 2 is 2.00 bits per heavy atom. The number of benzene rings is 1. The van der Waals surface area contributed by atoms with E-state index in [-0.39, 0.29) is 22.4 Å². The summed E-state index contributed by atoms with van der Waals surface area (Å²) in [6, 6.07) is 5.00. The number of rotatable bonds is 6. The Morgan fingerprint density at radius 1 is 1.24 bits per heavy atom. The van der Waals surface area contributed by atoms with Gasteiger partial charge in [0.1, 0.15) is 16.7 Å². The molecule has 1 amide bonds. The van der Waals surface area contributed by atoms with Gasteiger partial charge in [0.2, 0.25) is 0 Å². The van der Waals surface area contributed by atoms with Crippen LogP contribution in [0.1, 0.15) is 10.4 Å². The minimum absolute atomic E-state index is 0.0567. The number of hydrogen-bond acceptors (Lipinski definition) is 5. The lowest BCUT2D eigenvalue weighted by Gasteiger charge is -2.09. The Bertz CT molecular complexity index is 789. The molecule has 2 aromatic rings. The summed E-state index contributed by atoms with van der Waals surface area (Å²) in [7, 11) is 0. The third-order valence-electron chi connectivity index (χ3n) is 2.73. The molecule has 0 saturated carbocycles. The first-order chi connectivity index (χ1) is 11.9. The van der Waals surface area contributed by atoms with E-state index in [4.69, 9.17) is 0 Å². The van der Waals surface area contributed by atoms with Gasteiger partial charge in [-0.1, -0.05) is 0 Å². The van der Waals surface area contributed by atoms with E-state index in [1.54, 1.807) is 0 Å². The molecule has 0 fully saturated rings. The summed E-state index contributed by atoms with van der Waals surface area (Å²) in [5.74, 6) is -6.40. The fourth-order valence-electron chi connectivity index (χ4n) is 1.71. The Hall–Kier alpha value is -2.62. The molecule has 0 radical (unpaired) electrons. The van der Waals surface area contributed by atoms with Crippen LogP contribution in [-0.2, 0) is 9.53 Å². The summed E-state index contributed by atoms with van der Waals surface area (Å²) < 4.78 is 56.0. The zero-order chi connectivity index (χ0) is 18.4. The van der Waals surface area contributed by atoms with Gasteiger partial charge < -0.3 is 10.1 Å². The zero-order valence-electron chi connectivity index (χ0n) is 12.3. The molecule has 2 rings (SSSR count). The summed E-state index contributed by atoms with van der Waals surface area (Å²) in [4.78, 5) is 27.2. The van der Waals surface area contributed by atoms with E-state index in [0.29, 0.717) is 0 Å². The van der Waals surface area contributed by atoms with E-state index in [1.165, 1.54) is 18.3 Å². The molecule has 0 saturated heterocycles. The largest absolute Gasteiger partial charge is 0.452 e. The maximum Gasteiger partial charge on any atom is 0.341 e. The van der Waals surface area contributed by atoms with Crippen LogP contribution in [0.2, 0.25) is 0 Å². The molecule has 1 N–H and O–H groups in total. The zero-order valence-corrected chi connectivity index (χ0v) is 13.2. The van der Waals surface area contributed by atoms with Crippen molar-refractivity contribution in [3.05, 3.63) is 53.7 Å². The van der Waals surface area contributed by atoms with E-state index in [2.05, 4.69) is 9.72 Å². The van der Waals surface area contributed by atoms with Crippen molar-refractivity contribution >= 4 is 29.3 Å². The lowest BCUT2D eigenvalue weighted by atomic mass is 10.3. The predicted molar refractivity (Wildman–Crippen MR) is 81.4 cm³/mol. The molecular formula is C15H10F4N2O3S. The molecule has 0 atom stereocenters. The van der Waals surface area contributed by atoms with Gasteiger partial charge in [-0.05, 0) is 36.0 Å². The van der Waals surface area contributed by atoms with Crippen molar-refractivity contribution < 1.29 is 31.9 Å². The Labute approximate surface area is 143 Å². The minimum Gasteiger partial charge on any atom is -0.452 e. The molecule has 0 aliphatic heterocycles. The van der Waals surface area contributed by atoms with Gasteiger partial charge in [-0.3, -0.25) is 4.79 Å². The van der Waals surface area contributed by atoms with E-state index < -0.39 is 41.6 Å². The second-order valence-electron chi connectivity index (χ2n) is 4.48. The van der Waals surface area contributed by atoms with Gasteiger partial charge in [-0.2, -0.15) is 8.78 Å². The number of thioether (sulfide) groups is 1. The summed E-state index contributed by atoms with van der Waals surface area (Å²) in [5.41, 5.74) is -0.658. The molecule has 0 unspecified atom stereocenters. The van der Waals surface area contributed by atoms with Crippen LogP contribution in [0.3, 0.4) is 0 Å². The standard InChI is InChI=1S/C15H10F4N2O3S/c16-8-3-4-10(17)11(6-8)21-12(22)7-24-14(23)9-2-1-5-20-13(9)25-15(18)19/h1-6,15H,7H2,(H,21,22). The van der Waals surface area contributed by atoms with Gasteiger partial charge in [-0.15, -0.1) is 0 Å². The summed E-state index contributed by atoms with van der Waals surface area (Å²) in [6.07, 6.45) is 1.22. The van der Waals surface area contributed by atoms with Crippen LogP contribution < -0.4 is 5.32 Å². The van der Waals surface area contributed by atoms with E-state index in [9.17, 15) is 27.2 Å². The van der Waals surface area contributed by atoms with Gasteiger partial charge in [0.25, 0.3) is 11.7 Å². The first-order valence-corrected chi connectivity index (χ1v) is 7.56. The van der Waals surface area contributed by atoms with Crippen molar-refractivity contribution in [2.45, 2.75) is 10.8 Å². The van der Waals surface area contributed by atoms with Gasteiger partial charge in [-0.25, -0.2) is 18.6 Å². The van der Waals surface area contributed by atoms with E-state index >= 15 is 0 Å². The van der Waals surface area contributed by atoms with Crippen molar-refractivity contribution in [1.29, 1.82) is 0 Å². The number of ether oxygens (including phenoxy) is 1. The number of aromatic nitrogens is 1. The first-order valence-electron chi connectivity index (χ1n) is 6.68. The molecule has 0 spiro atoms. The van der Waals surface area contributed by atoms with Gasteiger partial charge in [0.15, 0.2) is 6.61 Å².